The molecular formula is C26H25NO4. The Bertz CT molecular complexity index is 1120. The fraction of sp³-hybridized carbons (Fsp3) is 0.231. The number of nitrogens with zero attached hydrogens (tertiary/aromatic N) is 1. The zero-order valence-electron chi connectivity index (χ0n) is 17.7. The number of aryl methyl sites for hydroxylation is 1. The second-order valence-electron chi connectivity index (χ2n) is 7.75. The Morgan fingerprint density at radius 2 is 1.68 bits per heavy atom. The largest absolute Gasteiger partial charge is 0.494 e. The fourth-order valence-corrected chi connectivity index (χ4v) is 4.03. The summed E-state index contributed by atoms with van der Waals surface area (Å²) in [7, 11) is 0. The number of rotatable bonds is 7. The van der Waals surface area contributed by atoms with Crippen LogP contribution < -0.4 is 9.64 Å². The lowest BCUT2D eigenvalue weighted by Gasteiger charge is -2.23. The van der Waals surface area contributed by atoms with Crippen molar-refractivity contribution in [3.8, 4) is 5.75 Å². The Balaban J connectivity index is 1.63. The smallest absolute Gasteiger partial charge is 0.264 e. The Morgan fingerprint density at radius 1 is 1.00 bits per heavy atom. The van der Waals surface area contributed by atoms with Gasteiger partial charge in [-0.05, 0) is 55.3 Å². The predicted octanol–water partition coefficient (Wildman–Crippen LogP) is 4.40. The monoisotopic (exact) mass is 415 g/mol. The third kappa shape index (κ3) is 3.84. The van der Waals surface area contributed by atoms with Crippen molar-refractivity contribution in [2.45, 2.75) is 32.4 Å². The summed E-state index contributed by atoms with van der Waals surface area (Å²) in [6.45, 7) is 4.75. The van der Waals surface area contributed by atoms with Gasteiger partial charge in [-0.3, -0.25) is 9.59 Å². The molecule has 5 nitrogen and oxygen atoms in total. The van der Waals surface area contributed by atoms with E-state index in [0.29, 0.717) is 35.7 Å². The van der Waals surface area contributed by atoms with Crippen LogP contribution >= 0.6 is 0 Å². The van der Waals surface area contributed by atoms with Crippen LogP contribution in [-0.4, -0.2) is 23.4 Å². The summed E-state index contributed by atoms with van der Waals surface area (Å²) in [5.74, 6) is -0.105. The van der Waals surface area contributed by atoms with Crippen LogP contribution in [0.1, 0.15) is 40.4 Å². The molecule has 1 heterocycles. The topological polar surface area (TPSA) is 66.8 Å². The summed E-state index contributed by atoms with van der Waals surface area (Å²) in [6.07, 6.45) is -0.318. The number of ether oxygens (including phenoxy) is 1. The lowest BCUT2D eigenvalue weighted by atomic mass is 9.88. The molecule has 0 spiro atoms. The predicted molar refractivity (Wildman–Crippen MR) is 119 cm³/mol. The van der Waals surface area contributed by atoms with Gasteiger partial charge in [-0.2, -0.15) is 0 Å². The summed E-state index contributed by atoms with van der Waals surface area (Å²) >= 11 is 0. The van der Waals surface area contributed by atoms with Crippen LogP contribution in [0.3, 0.4) is 0 Å². The molecule has 0 unspecified atom stereocenters. The van der Waals surface area contributed by atoms with E-state index in [1.54, 1.807) is 41.3 Å². The van der Waals surface area contributed by atoms with Crippen LogP contribution in [0, 0.1) is 6.92 Å². The molecule has 0 radical (unpaired) electrons. The number of aliphatic hydroxyl groups is 1. The lowest BCUT2D eigenvalue weighted by molar-refractivity contribution is -0.136. The van der Waals surface area contributed by atoms with Crippen LogP contribution in [0.5, 0.6) is 5.75 Å². The van der Waals surface area contributed by atoms with Crippen LogP contribution in [0.2, 0.25) is 0 Å². The molecule has 1 aliphatic heterocycles. The Kier molecular flexibility index (Phi) is 5.61. The first-order valence-electron chi connectivity index (χ1n) is 10.4. The zero-order valence-corrected chi connectivity index (χ0v) is 17.7. The molecule has 3 aromatic carbocycles. The van der Waals surface area contributed by atoms with Gasteiger partial charge in [0, 0.05) is 11.1 Å². The Hall–Kier alpha value is -3.44. The first kappa shape index (κ1) is 20.8. The highest BCUT2D eigenvalue weighted by Crippen LogP contribution is 2.43. The van der Waals surface area contributed by atoms with Crippen molar-refractivity contribution in [1.29, 1.82) is 0 Å². The number of anilines is 1. The molecule has 0 bridgehead atoms. The van der Waals surface area contributed by atoms with Crippen molar-refractivity contribution >= 4 is 17.4 Å². The van der Waals surface area contributed by atoms with E-state index in [1.807, 2.05) is 50.2 Å². The van der Waals surface area contributed by atoms with Gasteiger partial charge in [-0.15, -0.1) is 0 Å². The summed E-state index contributed by atoms with van der Waals surface area (Å²) in [5, 5.41) is 11.5. The molecule has 1 N–H and O–H groups in total. The van der Waals surface area contributed by atoms with Crippen LogP contribution in [-0.2, 0) is 16.9 Å². The number of benzene rings is 3. The molecule has 1 amide bonds. The van der Waals surface area contributed by atoms with Gasteiger partial charge in [0.1, 0.15) is 5.75 Å². The molecular weight excluding hydrogens is 390 g/mol. The Morgan fingerprint density at radius 3 is 2.39 bits per heavy atom. The highest BCUT2D eigenvalue weighted by molar-refractivity contribution is 6.10. The molecule has 31 heavy (non-hydrogen) atoms. The van der Waals surface area contributed by atoms with Crippen molar-refractivity contribution in [3.63, 3.8) is 0 Å². The van der Waals surface area contributed by atoms with Gasteiger partial charge in [0.15, 0.2) is 11.4 Å². The molecule has 0 saturated heterocycles. The number of para-hydroxylation sites is 1. The summed E-state index contributed by atoms with van der Waals surface area (Å²) in [6, 6.07) is 21.7. The minimum atomic E-state index is -1.89. The molecule has 1 aliphatic rings. The van der Waals surface area contributed by atoms with Gasteiger partial charge < -0.3 is 14.7 Å². The van der Waals surface area contributed by atoms with E-state index < -0.39 is 11.5 Å². The van der Waals surface area contributed by atoms with E-state index in [9.17, 15) is 14.7 Å². The van der Waals surface area contributed by atoms with Crippen molar-refractivity contribution in [3.05, 3.63) is 95.1 Å². The van der Waals surface area contributed by atoms with Gasteiger partial charge >= 0.3 is 0 Å². The van der Waals surface area contributed by atoms with E-state index in [1.165, 1.54) is 0 Å². The molecule has 3 aromatic rings. The van der Waals surface area contributed by atoms with E-state index >= 15 is 0 Å². The number of ketones is 1. The number of carbonyl (C=O) groups excluding carboxylic acids is 2. The third-order valence-corrected chi connectivity index (χ3v) is 5.73. The molecule has 1 atom stereocenters. The number of fused-ring (bicyclic) bond motifs is 1. The minimum absolute atomic E-state index is 0.300. The van der Waals surface area contributed by atoms with Gasteiger partial charge in [0.2, 0.25) is 0 Å². The quantitative estimate of drug-likeness (QED) is 0.581. The standard InChI is InChI=1S/C26H25NO4/c1-3-31-21-14-12-19(13-15-21)24(28)16-26(30)22-10-6-7-11-23(22)27(25(26)29)17-20-9-5-4-8-18(20)2/h4-15,30H,3,16-17H2,1-2H3/t26-/m1/s1. The lowest BCUT2D eigenvalue weighted by Crippen LogP contribution is -2.41. The molecule has 0 saturated carbocycles. The second-order valence-corrected chi connectivity index (χ2v) is 7.75. The first-order chi connectivity index (χ1) is 14.9. The summed E-state index contributed by atoms with van der Waals surface area (Å²) in [5.41, 5.74) is 1.70. The molecule has 0 aliphatic carbocycles. The SMILES string of the molecule is CCOc1ccc(C(=O)C[C@]2(O)C(=O)N(Cc3ccccc3C)c3ccccc32)cc1. The van der Waals surface area contributed by atoms with Crippen LogP contribution in [0.25, 0.3) is 0 Å². The molecule has 5 heteroatoms. The van der Waals surface area contributed by atoms with E-state index in [-0.39, 0.29) is 12.2 Å². The number of amides is 1. The summed E-state index contributed by atoms with van der Waals surface area (Å²) in [4.78, 5) is 28.0. The van der Waals surface area contributed by atoms with Gasteiger partial charge in [0.25, 0.3) is 5.91 Å². The van der Waals surface area contributed by atoms with Crippen molar-refractivity contribution in [1.82, 2.24) is 0 Å². The van der Waals surface area contributed by atoms with E-state index in [4.69, 9.17) is 4.74 Å². The van der Waals surface area contributed by atoms with Crippen LogP contribution in [0.15, 0.2) is 72.8 Å². The highest BCUT2D eigenvalue weighted by Gasteiger charge is 2.50. The second kappa shape index (κ2) is 8.36. The summed E-state index contributed by atoms with van der Waals surface area (Å²) < 4.78 is 5.42. The maximum atomic E-state index is 13.4. The third-order valence-electron chi connectivity index (χ3n) is 5.73. The van der Waals surface area contributed by atoms with E-state index in [2.05, 4.69) is 0 Å². The fourth-order valence-electron chi connectivity index (χ4n) is 4.03. The number of hydrogen-bond acceptors (Lipinski definition) is 4. The first-order valence-corrected chi connectivity index (χ1v) is 10.4. The Labute approximate surface area is 181 Å². The van der Waals surface area contributed by atoms with Gasteiger partial charge in [0.05, 0.1) is 25.3 Å². The molecule has 0 fully saturated rings. The number of hydrogen-bond donors (Lipinski definition) is 1. The maximum absolute atomic E-state index is 13.4. The van der Waals surface area contributed by atoms with Crippen molar-refractivity contribution in [2.24, 2.45) is 0 Å². The van der Waals surface area contributed by atoms with Crippen molar-refractivity contribution < 1.29 is 19.4 Å². The maximum Gasteiger partial charge on any atom is 0.264 e. The molecule has 158 valence electrons. The van der Waals surface area contributed by atoms with Crippen molar-refractivity contribution in [2.75, 3.05) is 11.5 Å². The highest BCUT2D eigenvalue weighted by atomic mass is 16.5. The average molecular weight is 415 g/mol. The van der Waals surface area contributed by atoms with Crippen LogP contribution in [0.4, 0.5) is 5.69 Å². The van der Waals surface area contributed by atoms with Gasteiger partial charge in [-0.1, -0.05) is 42.5 Å². The number of carbonyl (C=O) groups is 2. The number of Topliss-reactive ketones (excluding diaryl/α,β-unsaturated/α-hetero) is 1. The normalized spacial score (nSPS) is 17.5. The zero-order chi connectivity index (χ0) is 22.0. The minimum Gasteiger partial charge on any atom is -0.494 e. The average Bonchev–Trinajstić information content (AvgIpc) is 2.98. The van der Waals surface area contributed by atoms with E-state index in [0.717, 1.165) is 11.1 Å². The molecule has 0 aromatic heterocycles. The molecule has 4 rings (SSSR count). The van der Waals surface area contributed by atoms with Gasteiger partial charge in [-0.25, -0.2) is 0 Å².